The highest BCUT2D eigenvalue weighted by atomic mass is 16.7. The highest BCUT2D eigenvalue weighted by molar-refractivity contribution is 6.03. The van der Waals surface area contributed by atoms with Crippen molar-refractivity contribution in [1.82, 2.24) is 4.90 Å². The number of aliphatic hydroxyl groups excluding tert-OH is 3. The van der Waals surface area contributed by atoms with E-state index in [2.05, 4.69) is 23.9 Å². The van der Waals surface area contributed by atoms with Crippen molar-refractivity contribution in [2.75, 3.05) is 53.3 Å². The number of hydrogen-bond donors (Lipinski definition) is 4. The number of phenols is 1. The predicted molar refractivity (Wildman–Crippen MR) is 194 cm³/mol. The molecule has 5 rings (SSSR count). The van der Waals surface area contributed by atoms with Crippen molar-refractivity contribution in [3.8, 4) is 17.6 Å². The third-order valence-electron chi connectivity index (χ3n) is 10.5. The van der Waals surface area contributed by atoms with Crippen LogP contribution in [0, 0.1) is 29.1 Å². The van der Waals surface area contributed by atoms with E-state index in [-0.39, 0.29) is 82.0 Å². The minimum atomic E-state index is -1.47. The maximum Gasteiger partial charge on any atom is 0.254 e. The Morgan fingerprint density at radius 3 is 2.50 bits per heavy atom. The van der Waals surface area contributed by atoms with Crippen molar-refractivity contribution in [1.29, 1.82) is 5.26 Å². The van der Waals surface area contributed by atoms with E-state index in [0.29, 0.717) is 35.4 Å². The molecule has 3 aliphatic rings. The fourth-order valence-electron chi connectivity index (χ4n) is 8.35. The molecule has 12 nitrogen and oxygen atoms in total. The zero-order chi connectivity index (χ0) is 37.1. The van der Waals surface area contributed by atoms with Crippen molar-refractivity contribution in [2.24, 2.45) is 22.9 Å². The Labute approximate surface area is 305 Å². The number of aliphatic hydroxyl groups is 3. The van der Waals surface area contributed by atoms with E-state index >= 15 is 0 Å². The molecule has 1 heterocycles. The van der Waals surface area contributed by atoms with Crippen LogP contribution in [0.3, 0.4) is 0 Å². The Bertz CT molecular complexity index is 1620. The van der Waals surface area contributed by atoms with Gasteiger partial charge in [-0.25, -0.2) is 0 Å². The molecule has 280 valence electrons. The van der Waals surface area contributed by atoms with Crippen LogP contribution in [0.4, 0.5) is 0 Å². The van der Waals surface area contributed by atoms with Crippen LogP contribution in [-0.4, -0.2) is 102 Å². The Hall–Kier alpha value is -4.25. The number of aromatic hydroxyl groups is 1. The predicted octanol–water partition coefficient (Wildman–Crippen LogP) is 4.68. The molecule has 12 heteroatoms. The van der Waals surface area contributed by atoms with E-state index in [1.54, 1.807) is 53.4 Å². The Morgan fingerprint density at radius 1 is 1.08 bits per heavy atom. The molecule has 0 bridgehead atoms. The van der Waals surface area contributed by atoms with Gasteiger partial charge in [0.25, 0.3) is 5.91 Å². The van der Waals surface area contributed by atoms with Gasteiger partial charge in [0.15, 0.2) is 0 Å². The number of benzene rings is 2. The number of allylic oxidation sites excluding steroid dienone is 1. The van der Waals surface area contributed by atoms with Crippen LogP contribution >= 0.6 is 0 Å². The number of phenolic OH excluding ortho intramolecular Hbond substituents is 1. The number of amides is 1. The Kier molecular flexibility index (Phi) is 13.9. The summed E-state index contributed by atoms with van der Waals surface area (Å²) >= 11 is 0. The number of fused-ring (bicyclic) bond motifs is 2. The molecule has 4 N–H and O–H groups in total. The number of oxime groups is 1. The van der Waals surface area contributed by atoms with Gasteiger partial charge in [0.2, 0.25) is 5.79 Å². The van der Waals surface area contributed by atoms with Gasteiger partial charge in [-0.05, 0) is 85.6 Å². The minimum Gasteiger partial charge on any atom is -0.508 e. The molecule has 2 aliphatic carbocycles. The number of carbonyl (C=O) groups is 1. The lowest BCUT2D eigenvalue weighted by Gasteiger charge is -2.60. The zero-order valence-electron chi connectivity index (χ0n) is 29.9. The number of nitriles is 1. The Morgan fingerprint density at radius 2 is 1.83 bits per heavy atom. The largest absolute Gasteiger partial charge is 0.508 e. The van der Waals surface area contributed by atoms with Crippen LogP contribution < -0.4 is 4.74 Å². The molecule has 1 aliphatic heterocycles. The number of rotatable bonds is 19. The molecular formula is C40H51N3O9. The van der Waals surface area contributed by atoms with Crippen molar-refractivity contribution < 1.29 is 44.3 Å². The number of hydrogen-bond acceptors (Lipinski definition) is 11. The van der Waals surface area contributed by atoms with E-state index in [9.17, 15) is 30.5 Å². The molecule has 1 fully saturated rings. The van der Waals surface area contributed by atoms with E-state index < -0.39 is 17.7 Å². The second-order valence-corrected chi connectivity index (χ2v) is 13.5. The van der Waals surface area contributed by atoms with Crippen LogP contribution in [0.15, 0.2) is 71.9 Å². The number of ether oxygens (including phenoxy) is 3. The topological polar surface area (TPSA) is 174 Å². The van der Waals surface area contributed by atoms with Crippen LogP contribution in [0.25, 0.3) is 0 Å². The first-order valence-corrected chi connectivity index (χ1v) is 18.2. The molecule has 0 radical (unpaired) electrons. The smallest absolute Gasteiger partial charge is 0.254 e. The minimum absolute atomic E-state index is 0.0215. The monoisotopic (exact) mass is 717 g/mol. The van der Waals surface area contributed by atoms with Crippen molar-refractivity contribution in [2.45, 2.75) is 62.7 Å². The normalized spacial score (nSPS) is 25.2. The lowest BCUT2D eigenvalue weighted by Crippen LogP contribution is -2.70. The summed E-state index contributed by atoms with van der Waals surface area (Å²) in [4.78, 5) is 21.8. The van der Waals surface area contributed by atoms with Crippen molar-refractivity contribution >= 4 is 11.6 Å². The van der Waals surface area contributed by atoms with Crippen LogP contribution in [0.2, 0.25) is 0 Å². The lowest BCUT2D eigenvalue weighted by atomic mass is 9.55. The average Bonchev–Trinajstić information content (AvgIpc) is 3.16. The van der Waals surface area contributed by atoms with Gasteiger partial charge >= 0.3 is 0 Å². The van der Waals surface area contributed by atoms with Gasteiger partial charge in [-0.15, -0.1) is 6.58 Å². The Balaban J connectivity index is 1.75. The summed E-state index contributed by atoms with van der Waals surface area (Å²) in [7, 11) is 1.49. The lowest BCUT2D eigenvalue weighted by molar-refractivity contribution is -0.254. The number of unbranched alkanes of at least 4 members (excludes halogenated alkanes) is 2. The molecule has 52 heavy (non-hydrogen) atoms. The van der Waals surface area contributed by atoms with Crippen LogP contribution in [0.5, 0.6) is 11.5 Å². The number of nitrogens with zero attached hydrogens (tertiary/aromatic N) is 3. The molecule has 2 aromatic carbocycles. The van der Waals surface area contributed by atoms with E-state index in [1.807, 2.05) is 0 Å². The van der Waals surface area contributed by atoms with Gasteiger partial charge in [-0.1, -0.05) is 30.1 Å². The average molecular weight is 718 g/mol. The van der Waals surface area contributed by atoms with Gasteiger partial charge in [0, 0.05) is 43.2 Å². The van der Waals surface area contributed by atoms with Gasteiger partial charge in [-0.3, -0.25) is 4.79 Å². The first-order chi connectivity index (χ1) is 25.4. The van der Waals surface area contributed by atoms with Crippen molar-refractivity contribution in [3.05, 3.63) is 83.5 Å². The molecule has 1 amide bonds. The van der Waals surface area contributed by atoms with Gasteiger partial charge in [0.05, 0.1) is 49.7 Å². The quantitative estimate of drug-likeness (QED) is 0.0908. The maximum absolute atomic E-state index is 14.7. The second-order valence-electron chi connectivity index (χ2n) is 13.5. The van der Waals surface area contributed by atoms with E-state index in [1.165, 1.54) is 7.11 Å². The summed E-state index contributed by atoms with van der Waals surface area (Å²) in [6.07, 6.45) is 8.55. The highest BCUT2D eigenvalue weighted by Gasteiger charge is 2.65. The summed E-state index contributed by atoms with van der Waals surface area (Å²) in [5.41, 5.74) is 3.13. The first-order valence-electron chi connectivity index (χ1n) is 18.2. The summed E-state index contributed by atoms with van der Waals surface area (Å²) in [5.74, 6) is -1.86. The molecule has 0 aromatic heterocycles. The summed E-state index contributed by atoms with van der Waals surface area (Å²) < 4.78 is 19.7. The van der Waals surface area contributed by atoms with Gasteiger partial charge < -0.3 is 44.4 Å². The second kappa shape index (κ2) is 18.5. The molecule has 1 saturated carbocycles. The van der Waals surface area contributed by atoms with Crippen LogP contribution in [0.1, 0.15) is 72.3 Å². The van der Waals surface area contributed by atoms with Crippen LogP contribution in [-0.2, 0) is 14.3 Å². The summed E-state index contributed by atoms with van der Waals surface area (Å²) in [5, 5.41) is 53.7. The van der Waals surface area contributed by atoms with E-state index in [0.717, 1.165) is 36.8 Å². The molecule has 0 unspecified atom stereocenters. The maximum atomic E-state index is 14.7. The fourth-order valence-corrected chi connectivity index (χ4v) is 8.35. The fraction of sp³-hybridized carbons (Fsp3) is 0.525. The highest BCUT2D eigenvalue weighted by Crippen LogP contribution is 2.61. The molecule has 6 atom stereocenters. The standard InChI is InChI=1S/C40H51N3O9/c1-3-20-51-40-36(43(16-21-50-22-19-46)39(48)28-12-10-27(26-41)11-13-28)25-34(42-49-2)32-23-29(8-4-6-17-44)31(9-5-7-18-45)37(38(32)40)33-24-30(47)14-15-35(33)52-40/h3,10-15,23-24,29,31,36-38,44-47H,1,4-9,16-22,25H2,2H3/t29-,31+,36-,37+,38+,40+/m0/s1. The zero-order valence-corrected chi connectivity index (χ0v) is 29.9. The van der Waals surface area contributed by atoms with E-state index in [4.69, 9.17) is 19.0 Å². The molecule has 2 aromatic rings. The summed E-state index contributed by atoms with van der Waals surface area (Å²) in [6, 6.07) is 12.8. The third kappa shape index (κ3) is 8.19. The number of carbonyl (C=O) groups excluding carboxylic acids is 1. The van der Waals surface area contributed by atoms with Gasteiger partial charge in [-0.2, -0.15) is 5.26 Å². The van der Waals surface area contributed by atoms with Gasteiger partial charge in [0.1, 0.15) is 24.7 Å². The molecule has 0 saturated heterocycles. The first kappa shape index (κ1) is 39.0. The summed E-state index contributed by atoms with van der Waals surface area (Å²) in [6.45, 7) is 4.37. The third-order valence-corrected chi connectivity index (χ3v) is 10.5. The SMILES string of the molecule is C=CCO[C@@]12Oc3ccc(O)cc3[C@H]3[C@H](CCCCO)[C@@H](CCCCO)C=C(C(=NOC)C[C@@H]1N(CCOCCO)C(=O)c1ccc(C#N)cc1)[C@H]32. The van der Waals surface area contributed by atoms with Crippen molar-refractivity contribution in [3.63, 3.8) is 0 Å². The molecule has 0 spiro atoms. The molecular weight excluding hydrogens is 666 g/mol.